The zero-order valence-corrected chi connectivity index (χ0v) is 9.25. The molecule has 80 valence electrons. The molecule has 0 aliphatic heterocycles. The van der Waals surface area contributed by atoms with Crippen molar-refractivity contribution in [3.63, 3.8) is 0 Å². The summed E-state index contributed by atoms with van der Waals surface area (Å²) in [5.74, 6) is 0.303. The Bertz CT molecular complexity index is 572. The van der Waals surface area contributed by atoms with Crippen molar-refractivity contribution in [1.82, 2.24) is 15.0 Å². The maximum Gasteiger partial charge on any atom is 0.140 e. The van der Waals surface area contributed by atoms with E-state index in [0.717, 1.165) is 11.0 Å². The number of nitrogens with zero attached hydrogens (tertiary/aromatic N) is 4. The molecule has 0 unspecified atom stereocenters. The van der Waals surface area contributed by atoms with E-state index in [1.807, 2.05) is 44.2 Å². The van der Waals surface area contributed by atoms with E-state index in [2.05, 4.69) is 16.4 Å². The minimum atomic E-state index is 0.303. The van der Waals surface area contributed by atoms with E-state index in [4.69, 9.17) is 5.26 Å². The summed E-state index contributed by atoms with van der Waals surface area (Å²) in [5.41, 5.74) is 2.17. The number of hydrogen-bond donors (Lipinski definition) is 0. The summed E-state index contributed by atoms with van der Waals surface area (Å²) in [6.07, 6.45) is 1.88. The summed E-state index contributed by atoms with van der Waals surface area (Å²) in [6, 6.07) is 9.74. The highest BCUT2D eigenvalue weighted by Gasteiger charge is 2.07. The van der Waals surface area contributed by atoms with E-state index in [-0.39, 0.29) is 0 Å². The molecule has 4 nitrogen and oxygen atoms in total. The van der Waals surface area contributed by atoms with E-state index in [9.17, 15) is 0 Å². The van der Waals surface area contributed by atoms with Gasteiger partial charge in [-0.2, -0.15) is 5.26 Å². The number of aromatic nitrogens is 3. The van der Waals surface area contributed by atoms with Crippen molar-refractivity contribution in [1.29, 1.82) is 5.26 Å². The van der Waals surface area contributed by atoms with Gasteiger partial charge in [-0.1, -0.05) is 31.2 Å². The first-order valence-corrected chi connectivity index (χ1v) is 5.15. The van der Waals surface area contributed by atoms with Crippen LogP contribution in [0.15, 0.2) is 30.3 Å². The Morgan fingerprint density at radius 1 is 1.44 bits per heavy atom. The van der Waals surface area contributed by atoms with Crippen LogP contribution in [-0.2, 0) is 0 Å². The fourth-order valence-corrected chi connectivity index (χ4v) is 1.52. The first kappa shape index (κ1) is 10.4. The van der Waals surface area contributed by atoms with Crippen LogP contribution >= 0.6 is 0 Å². The second-order valence-corrected chi connectivity index (χ2v) is 3.90. The topological polar surface area (TPSA) is 54.5 Å². The van der Waals surface area contributed by atoms with Crippen LogP contribution in [0.3, 0.4) is 0 Å². The van der Waals surface area contributed by atoms with Gasteiger partial charge >= 0.3 is 0 Å². The molecular formula is C12H12N4. The minimum Gasteiger partial charge on any atom is -0.203 e. The number of para-hydroxylation sites is 1. The van der Waals surface area contributed by atoms with Crippen LogP contribution in [0.5, 0.6) is 0 Å². The third-order valence-electron chi connectivity index (χ3n) is 2.19. The zero-order chi connectivity index (χ0) is 11.5. The summed E-state index contributed by atoms with van der Waals surface area (Å²) in [4.78, 5) is 0. The molecule has 0 aliphatic rings. The van der Waals surface area contributed by atoms with Crippen molar-refractivity contribution in [2.24, 2.45) is 5.92 Å². The number of nitriles is 1. The molecule has 0 N–H and O–H groups in total. The lowest BCUT2D eigenvalue weighted by molar-refractivity contribution is 0.802. The van der Waals surface area contributed by atoms with Crippen LogP contribution < -0.4 is 0 Å². The maximum absolute atomic E-state index is 9.10. The van der Waals surface area contributed by atoms with E-state index in [0.29, 0.717) is 11.6 Å². The number of benzene rings is 1. The monoisotopic (exact) mass is 212 g/mol. The van der Waals surface area contributed by atoms with Crippen LogP contribution in [0.2, 0.25) is 0 Å². The van der Waals surface area contributed by atoms with Gasteiger partial charge in [-0.05, 0) is 24.1 Å². The third-order valence-corrected chi connectivity index (χ3v) is 2.19. The summed E-state index contributed by atoms with van der Waals surface area (Å²) in [5, 5.41) is 17.1. The fraction of sp³-hybridized carbons (Fsp3) is 0.250. The first-order valence-electron chi connectivity index (χ1n) is 5.15. The Hall–Kier alpha value is -2.15. The molecule has 0 spiro atoms. The number of rotatable bonds is 2. The van der Waals surface area contributed by atoms with Crippen LogP contribution in [-0.4, -0.2) is 15.0 Å². The predicted molar refractivity (Wildman–Crippen MR) is 62.3 cm³/mol. The highest BCUT2D eigenvalue weighted by Crippen LogP contribution is 2.15. The molecule has 0 aliphatic carbocycles. The number of allylic oxidation sites excluding steroid dienone is 2. The smallest absolute Gasteiger partial charge is 0.140 e. The van der Waals surface area contributed by atoms with Gasteiger partial charge in [-0.3, -0.25) is 0 Å². The van der Waals surface area contributed by atoms with Crippen molar-refractivity contribution < 1.29 is 0 Å². The Morgan fingerprint density at radius 3 is 2.88 bits per heavy atom. The van der Waals surface area contributed by atoms with Crippen LogP contribution in [0.25, 0.3) is 16.7 Å². The van der Waals surface area contributed by atoms with Gasteiger partial charge in [0.15, 0.2) is 0 Å². The van der Waals surface area contributed by atoms with Crippen molar-refractivity contribution in [2.45, 2.75) is 13.8 Å². The van der Waals surface area contributed by atoms with Gasteiger partial charge in [0.05, 0.1) is 5.52 Å². The van der Waals surface area contributed by atoms with Gasteiger partial charge in [0.25, 0.3) is 0 Å². The Kier molecular flexibility index (Phi) is 2.69. The van der Waals surface area contributed by atoms with Crippen LogP contribution in [0.4, 0.5) is 0 Å². The molecule has 1 heterocycles. The van der Waals surface area contributed by atoms with Gasteiger partial charge in [0.1, 0.15) is 17.3 Å². The molecular weight excluding hydrogens is 200 g/mol. The molecule has 0 saturated heterocycles. The normalized spacial score (nSPS) is 12.0. The standard InChI is InChI=1S/C12H12N4/c1-9(2)7-10(8-13)16-12-6-4-3-5-11(12)14-15-16/h3-7,9H,1-2H3/b10-7+. The van der Waals surface area contributed by atoms with E-state index < -0.39 is 0 Å². The molecule has 1 aromatic carbocycles. The Labute approximate surface area is 93.8 Å². The molecule has 0 radical (unpaired) electrons. The molecule has 0 fully saturated rings. The molecule has 1 aromatic heterocycles. The summed E-state index contributed by atoms with van der Waals surface area (Å²) in [6.45, 7) is 4.05. The molecule has 0 saturated carbocycles. The highest BCUT2D eigenvalue weighted by molar-refractivity contribution is 5.79. The fourth-order valence-electron chi connectivity index (χ4n) is 1.52. The highest BCUT2D eigenvalue weighted by atomic mass is 15.4. The quantitative estimate of drug-likeness (QED) is 0.718. The van der Waals surface area contributed by atoms with E-state index >= 15 is 0 Å². The van der Waals surface area contributed by atoms with Gasteiger partial charge in [0.2, 0.25) is 0 Å². The van der Waals surface area contributed by atoms with Crippen LogP contribution in [0, 0.1) is 17.2 Å². The van der Waals surface area contributed by atoms with Crippen molar-refractivity contribution in [3.8, 4) is 6.07 Å². The van der Waals surface area contributed by atoms with Crippen molar-refractivity contribution >= 4 is 16.7 Å². The first-order chi connectivity index (χ1) is 7.72. The Morgan fingerprint density at radius 2 is 2.19 bits per heavy atom. The molecule has 0 amide bonds. The minimum absolute atomic E-state index is 0.303. The second kappa shape index (κ2) is 4.15. The third kappa shape index (κ3) is 1.80. The van der Waals surface area contributed by atoms with Gasteiger partial charge < -0.3 is 0 Å². The average molecular weight is 212 g/mol. The molecule has 2 rings (SSSR count). The largest absolute Gasteiger partial charge is 0.203 e. The maximum atomic E-state index is 9.10. The second-order valence-electron chi connectivity index (χ2n) is 3.90. The summed E-state index contributed by atoms with van der Waals surface area (Å²) < 4.78 is 1.58. The molecule has 0 atom stereocenters. The van der Waals surface area contributed by atoms with Gasteiger partial charge in [-0.15, -0.1) is 5.10 Å². The molecule has 0 bridgehead atoms. The predicted octanol–water partition coefficient (Wildman–Crippen LogP) is 2.45. The van der Waals surface area contributed by atoms with Gasteiger partial charge in [-0.25, -0.2) is 4.68 Å². The van der Waals surface area contributed by atoms with E-state index in [1.165, 1.54) is 0 Å². The lowest BCUT2D eigenvalue weighted by Crippen LogP contribution is -1.99. The lowest BCUT2D eigenvalue weighted by atomic mass is 10.2. The Balaban J connectivity index is 2.59. The summed E-state index contributed by atoms with van der Waals surface area (Å²) in [7, 11) is 0. The molecule has 2 aromatic rings. The molecule has 16 heavy (non-hydrogen) atoms. The SMILES string of the molecule is CC(C)/C=C(\C#N)n1nnc2ccccc21. The summed E-state index contributed by atoms with van der Waals surface area (Å²) >= 11 is 0. The molecule has 4 heteroatoms. The van der Waals surface area contributed by atoms with Crippen molar-refractivity contribution in [3.05, 3.63) is 30.3 Å². The zero-order valence-electron chi connectivity index (χ0n) is 9.25. The number of hydrogen-bond acceptors (Lipinski definition) is 3. The van der Waals surface area contributed by atoms with E-state index in [1.54, 1.807) is 4.68 Å². The van der Waals surface area contributed by atoms with Crippen LogP contribution in [0.1, 0.15) is 13.8 Å². The van der Waals surface area contributed by atoms with Crippen molar-refractivity contribution in [2.75, 3.05) is 0 Å². The average Bonchev–Trinajstić information content (AvgIpc) is 2.69. The lowest BCUT2D eigenvalue weighted by Gasteiger charge is -2.01. The van der Waals surface area contributed by atoms with Gasteiger partial charge in [0, 0.05) is 0 Å². The number of fused-ring (bicyclic) bond motifs is 1.